The largest absolute Gasteiger partial charge is 0.481 e. The Labute approximate surface area is 175 Å². The minimum absolute atomic E-state index is 0.0343. The van der Waals surface area contributed by atoms with Gasteiger partial charge in [0.15, 0.2) is 29.3 Å². The topological polar surface area (TPSA) is 84.2 Å². The van der Waals surface area contributed by atoms with Crippen molar-refractivity contribution in [3.05, 3.63) is 76.9 Å². The van der Waals surface area contributed by atoms with Gasteiger partial charge in [0, 0.05) is 6.20 Å². The Kier molecular flexibility index (Phi) is 6.45. The maximum atomic E-state index is 13.9. The molecule has 152 valence electrons. The molecule has 6 nitrogen and oxygen atoms in total. The van der Waals surface area contributed by atoms with Gasteiger partial charge in [0.1, 0.15) is 11.5 Å². The van der Waals surface area contributed by atoms with Crippen LogP contribution >= 0.6 is 11.6 Å². The number of hydrogen-bond donors (Lipinski definition) is 1. The van der Waals surface area contributed by atoms with Gasteiger partial charge in [0.25, 0.3) is 5.91 Å². The molecule has 3 aromatic rings. The molecule has 1 heterocycles. The number of nitrogens with one attached hydrogen (secondary N) is 1. The van der Waals surface area contributed by atoms with Crippen molar-refractivity contribution in [1.29, 1.82) is 5.26 Å². The van der Waals surface area contributed by atoms with Gasteiger partial charge in [-0.1, -0.05) is 11.6 Å². The standard InChI is InChI=1S/C21H14ClF2N3O3/c1-12(21(28)27-20-18(24)9-14(22)11-26-20)29-15-3-5-16(6-4-15)30-19-7-2-13(10-25)8-17(19)23/h2-9,11-12H,1H3,(H,26,27,28)/t12-/m1/s1. The second-order valence-corrected chi connectivity index (χ2v) is 6.50. The molecule has 0 saturated carbocycles. The van der Waals surface area contributed by atoms with Crippen LogP contribution in [0.3, 0.4) is 0 Å². The summed E-state index contributed by atoms with van der Waals surface area (Å²) in [6.45, 7) is 1.49. The first kappa shape index (κ1) is 21.0. The summed E-state index contributed by atoms with van der Waals surface area (Å²) in [6.07, 6.45) is 0.255. The van der Waals surface area contributed by atoms with Crippen molar-refractivity contribution in [3.63, 3.8) is 0 Å². The molecule has 0 fully saturated rings. The number of nitrogens with zero attached hydrogens (tertiary/aromatic N) is 2. The van der Waals surface area contributed by atoms with Gasteiger partial charge in [-0.3, -0.25) is 4.79 Å². The fraction of sp³-hybridized carbons (Fsp3) is 0.0952. The van der Waals surface area contributed by atoms with Crippen LogP contribution in [0.15, 0.2) is 54.7 Å². The zero-order valence-electron chi connectivity index (χ0n) is 15.5. The first-order chi connectivity index (χ1) is 14.4. The highest BCUT2D eigenvalue weighted by molar-refractivity contribution is 6.30. The lowest BCUT2D eigenvalue weighted by molar-refractivity contribution is -0.122. The Balaban J connectivity index is 1.60. The van der Waals surface area contributed by atoms with Crippen molar-refractivity contribution < 1.29 is 23.0 Å². The van der Waals surface area contributed by atoms with Crippen LogP contribution in [0, 0.1) is 23.0 Å². The average molecular weight is 430 g/mol. The van der Waals surface area contributed by atoms with Gasteiger partial charge in [-0.2, -0.15) is 5.26 Å². The first-order valence-corrected chi connectivity index (χ1v) is 8.99. The number of nitriles is 1. The van der Waals surface area contributed by atoms with E-state index in [2.05, 4.69) is 10.3 Å². The fourth-order valence-corrected chi connectivity index (χ4v) is 2.49. The molecule has 0 unspecified atom stereocenters. The molecule has 0 aliphatic rings. The number of benzene rings is 2. The minimum Gasteiger partial charge on any atom is -0.481 e. The summed E-state index contributed by atoms with van der Waals surface area (Å²) in [5, 5.41) is 11.2. The molecule has 1 N–H and O–H groups in total. The molecule has 0 aliphatic carbocycles. The molecule has 3 rings (SSSR count). The second-order valence-electron chi connectivity index (χ2n) is 6.06. The van der Waals surface area contributed by atoms with Crippen LogP contribution < -0.4 is 14.8 Å². The van der Waals surface area contributed by atoms with E-state index in [4.69, 9.17) is 26.3 Å². The van der Waals surface area contributed by atoms with E-state index in [-0.39, 0.29) is 22.2 Å². The molecule has 0 spiro atoms. The lowest BCUT2D eigenvalue weighted by Gasteiger charge is -2.15. The Hall–Kier alpha value is -3.70. The van der Waals surface area contributed by atoms with E-state index in [1.807, 2.05) is 6.07 Å². The highest BCUT2D eigenvalue weighted by atomic mass is 35.5. The number of amides is 1. The van der Waals surface area contributed by atoms with E-state index in [1.54, 1.807) is 0 Å². The van der Waals surface area contributed by atoms with E-state index in [0.29, 0.717) is 11.5 Å². The van der Waals surface area contributed by atoms with Crippen LogP contribution in [0.1, 0.15) is 12.5 Å². The average Bonchev–Trinajstić information content (AvgIpc) is 2.72. The van der Waals surface area contributed by atoms with Crippen LogP contribution in [0.4, 0.5) is 14.6 Å². The molecular weight excluding hydrogens is 416 g/mol. The quantitative estimate of drug-likeness (QED) is 0.590. The number of hydrogen-bond acceptors (Lipinski definition) is 5. The number of halogens is 3. The van der Waals surface area contributed by atoms with Crippen molar-refractivity contribution >= 4 is 23.3 Å². The van der Waals surface area contributed by atoms with Gasteiger partial charge in [0.2, 0.25) is 0 Å². The van der Waals surface area contributed by atoms with Crippen LogP contribution in [0.5, 0.6) is 17.2 Å². The van der Waals surface area contributed by atoms with E-state index in [0.717, 1.165) is 12.1 Å². The van der Waals surface area contributed by atoms with Gasteiger partial charge in [-0.15, -0.1) is 0 Å². The van der Waals surface area contributed by atoms with Crippen LogP contribution in [-0.4, -0.2) is 17.0 Å². The third-order valence-electron chi connectivity index (χ3n) is 3.84. The summed E-state index contributed by atoms with van der Waals surface area (Å²) in [7, 11) is 0. The predicted molar refractivity (Wildman–Crippen MR) is 106 cm³/mol. The van der Waals surface area contributed by atoms with E-state index < -0.39 is 23.6 Å². The third kappa shape index (κ3) is 5.21. The maximum absolute atomic E-state index is 13.9. The zero-order valence-corrected chi connectivity index (χ0v) is 16.3. The molecule has 0 aliphatic heterocycles. The molecular formula is C21H14ClF2N3O3. The molecule has 1 aromatic heterocycles. The van der Waals surface area contributed by atoms with Crippen molar-refractivity contribution in [1.82, 2.24) is 4.98 Å². The third-order valence-corrected chi connectivity index (χ3v) is 4.05. The normalized spacial score (nSPS) is 11.3. The Morgan fingerprint density at radius 2 is 1.83 bits per heavy atom. The number of carbonyl (C=O) groups excluding carboxylic acids is 1. The van der Waals surface area contributed by atoms with Crippen molar-refractivity contribution in [2.45, 2.75) is 13.0 Å². The first-order valence-electron chi connectivity index (χ1n) is 8.62. The van der Waals surface area contributed by atoms with Crippen molar-refractivity contribution in [2.24, 2.45) is 0 Å². The number of anilines is 1. The zero-order chi connectivity index (χ0) is 21.7. The van der Waals surface area contributed by atoms with Gasteiger partial charge in [-0.25, -0.2) is 13.8 Å². The monoisotopic (exact) mass is 429 g/mol. The van der Waals surface area contributed by atoms with Crippen LogP contribution in [0.25, 0.3) is 0 Å². The van der Waals surface area contributed by atoms with Gasteiger partial charge in [0.05, 0.1) is 16.7 Å². The summed E-state index contributed by atoms with van der Waals surface area (Å²) in [4.78, 5) is 15.9. The number of aromatic nitrogens is 1. The molecule has 0 saturated heterocycles. The predicted octanol–water partition coefficient (Wildman–Crippen LogP) is 5.08. The summed E-state index contributed by atoms with van der Waals surface area (Å²) >= 11 is 5.63. The second kappa shape index (κ2) is 9.20. The van der Waals surface area contributed by atoms with E-state index in [9.17, 15) is 13.6 Å². The smallest absolute Gasteiger partial charge is 0.266 e. The Bertz CT molecular complexity index is 1120. The maximum Gasteiger partial charge on any atom is 0.266 e. The minimum atomic E-state index is -0.954. The van der Waals surface area contributed by atoms with Crippen LogP contribution in [0.2, 0.25) is 5.02 Å². The molecule has 1 atom stereocenters. The molecule has 2 aromatic carbocycles. The number of carbonyl (C=O) groups is 1. The fourth-order valence-electron chi connectivity index (χ4n) is 2.35. The van der Waals surface area contributed by atoms with Crippen molar-refractivity contribution in [3.8, 4) is 23.3 Å². The van der Waals surface area contributed by atoms with E-state index >= 15 is 0 Å². The summed E-state index contributed by atoms with van der Waals surface area (Å²) < 4.78 is 38.6. The van der Waals surface area contributed by atoms with Crippen molar-refractivity contribution in [2.75, 3.05) is 5.32 Å². The van der Waals surface area contributed by atoms with E-state index in [1.165, 1.54) is 49.5 Å². The highest BCUT2D eigenvalue weighted by Crippen LogP contribution is 2.27. The molecule has 1 amide bonds. The Morgan fingerprint density at radius 3 is 2.47 bits per heavy atom. The molecule has 0 radical (unpaired) electrons. The lowest BCUT2D eigenvalue weighted by atomic mass is 10.2. The lowest BCUT2D eigenvalue weighted by Crippen LogP contribution is -2.30. The highest BCUT2D eigenvalue weighted by Gasteiger charge is 2.17. The SMILES string of the molecule is C[C@@H](Oc1ccc(Oc2ccc(C#N)cc2F)cc1)C(=O)Nc1ncc(Cl)cc1F. The van der Waals surface area contributed by atoms with Gasteiger partial charge < -0.3 is 14.8 Å². The molecule has 0 bridgehead atoms. The number of rotatable bonds is 6. The van der Waals surface area contributed by atoms with Crippen LogP contribution in [-0.2, 0) is 4.79 Å². The molecule has 9 heteroatoms. The Morgan fingerprint density at radius 1 is 1.13 bits per heavy atom. The summed E-state index contributed by atoms with van der Waals surface area (Å²) in [5.74, 6) is -1.66. The number of ether oxygens (including phenoxy) is 2. The van der Waals surface area contributed by atoms with Gasteiger partial charge >= 0.3 is 0 Å². The number of pyridine rings is 1. The summed E-state index contributed by atoms with van der Waals surface area (Å²) in [5.41, 5.74) is 0.185. The van der Waals surface area contributed by atoms with Gasteiger partial charge in [-0.05, 0) is 55.5 Å². The summed E-state index contributed by atoms with van der Waals surface area (Å²) in [6, 6.07) is 12.9. The molecule has 30 heavy (non-hydrogen) atoms.